The van der Waals surface area contributed by atoms with Gasteiger partial charge in [0.25, 0.3) is 0 Å². The first-order chi connectivity index (χ1) is 11.7. The summed E-state index contributed by atoms with van der Waals surface area (Å²) in [6, 6.07) is 25.2. The fraction of sp³-hybridized carbons (Fsp3) is 0. The van der Waals surface area contributed by atoms with Crippen molar-refractivity contribution >= 4 is 19.0 Å². The monoisotopic (exact) mass is 336 g/mol. The Balaban J connectivity index is 1.98. The van der Waals surface area contributed by atoms with Gasteiger partial charge >= 0.3 is 7.60 Å². The average Bonchev–Trinajstić information content (AvgIpc) is 2.63. The van der Waals surface area contributed by atoms with E-state index in [2.05, 4.69) is 6.58 Å². The molecule has 0 N–H and O–H groups in total. The molecule has 0 heterocycles. The van der Waals surface area contributed by atoms with Crippen molar-refractivity contribution in [2.75, 3.05) is 0 Å². The van der Waals surface area contributed by atoms with Crippen LogP contribution in [0.4, 0.5) is 0 Å². The van der Waals surface area contributed by atoms with E-state index in [-0.39, 0.29) is 0 Å². The lowest BCUT2D eigenvalue weighted by atomic mass is 10.2. The van der Waals surface area contributed by atoms with E-state index in [0.29, 0.717) is 16.8 Å². The molecule has 0 unspecified atom stereocenters. The van der Waals surface area contributed by atoms with Crippen molar-refractivity contribution < 1.29 is 13.6 Å². The van der Waals surface area contributed by atoms with Gasteiger partial charge in [-0.25, -0.2) is 4.57 Å². The molecule has 0 aliphatic carbocycles. The fourth-order valence-corrected chi connectivity index (χ4v) is 3.72. The Hall–Kier alpha value is -2.77. The molecule has 0 radical (unpaired) electrons. The maximum atomic E-state index is 13.5. The molecule has 4 heteroatoms. The molecule has 0 saturated carbocycles. The van der Waals surface area contributed by atoms with Crippen molar-refractivity contribution in [1.29, 1.82) is 0 Å². The second kappa shape index (κ2) is 7.20. The molecule has 0 aliphatic rings. The summed E-state index contributed by atoms with van der Waals surface area (Å²) in [6.07, 6.45) is 1.73. The number of hydrogen-bond acceptors (Lipinski definition) is 3. The SMILES string of the molecule is C=Cc1ccc(P(=O)(Oc2ccccc2)Oc2ccccc2)cc1. The van der Waals surface area contributed by atoms with Gasteiger partial charge in [-0.2, -0.15) is 0 Å². The molecule has 3 nitrogen and oxygen atoms in total. The lowest BCUT2D eigenvalue weighted by molar-refractivity contribution is 0.399. The molecule has 24 heavy (non-hydrogen) atoms. The van der Waals surface area contributed by atoms with Crippen LogP contribution in [0.1, 0.15) is 5.56 Å². The van der Waals surface area contributed by atoms with Crippen molar-refractivity contribution in [3.8, 4) is 11.5 Å². The average molecular weight is 336 g/mol. The van der Waals surface area contributed by atoms with Gasteiger partial charge in [0, 0.05) is 0 Å². The lowest BCUT2D eigenvalue weighted by Gasteiger charge is -2.20. The number of para-hydroxylation sites is 2. The van der Waals surface area contributed by atoms with Crippen molar-refractivity contribution in [2.45, 2.75) is 0 Å². The van der Waals surface area contributed by atoms with E-state index in [1.54, 1.807) is 42.5 Å². The Bertz CT molecular complexity index is 798. The molecule has 0 amide bonds. The van der Waals surface area contributed by atoms with Crippen molar-refractivity contribution in [3.05, 3.63) is 97.1 Å². The summed E-state index contributed by atoms with van der Waals surface area (Å²) >= 11 is 0. The molecule has 0 bridgehead atoms. The highest BCUT2D eigenvalue weighted by Crippen LogP contribution is 2.47. The van der Waals surface area contributed by atoms with E-state index in [0.717, 1.165) is 5.56 Å². The van der Waals surface area contributed by atoms with Crippen LogP contribution in [-0.2, 0) is 4.57 Å². The number of hydrogen-bond donors (Lipinski definition) is 0. The third-order valence-electron chi connectivity index (χ3n) is 3.38. The highest BCUT2D eigenvalue weighted by atomic mass is 31.2. The van der Waals surface area contributed by atoms with E-state index in [1.807, 2.05) is 48.5 Å². The molecular formula is C20H17O3P. The highest BCUT2D eigenvalue weighted by Gasteiger charge is 2.31. The van der Waals surface area contributed by atoms with E-state index in [9.17, 15) is 4.57 Å². The summed E-state index contributed by atoms with van der Waals surface area (Å²) in [7, 11) is -3.58. The third-order valence-corrected chi connectivity index (χ3v) is 5.22. The van der Waals surface area contributed by atoms with Gasteiger partial charge in [0.1, 0.15) is 11.5 Å². The first-order valence-electron chi connectivity index (χ1n) is 7.52. The van der Waals surface area contributed by atoms with Crippen LogP contribution in [0.3, 0.4) is 0 Å². The standard InChI is InChI=1S/C20H17O3P/c1-2-17-13-15-20(16-14-17)24(21,22-18-9-5-3-6-10-18)23-19-11-7-4-8-12-19/h2-16H,1H2. The summed E-state index contributed by atoms with van der Waals surface area (Å²) in [6.45, 7) is 3.73. The first-order valence-corrected chi connectivity index (χ1v) is 9.06. The summed E-state index contributed by atoms with van der Waals surface area (Å²) in [4.78, 5) is 0. The van der Waals surface area contributed by atoms with Gasteiger partial charge in [0.15, 0.2) is 0 Å². The Labute approximate surface area is 141 Å². The summed E-state index contributed by atoms with van der Waals surface area (Å²) in [5.41, 5.74) is 0.935. The zero-order chi connectivity index (χ0) is 16.8. The molecule has 3 rings (SSSR count). The van der Waals surface area contributed by atoms with E-state index >= 15 is 0 Å². The normalized spacial score (nSPS) is 10.8. The van der Waals surface area contributed by atoms with Crippen molar-refractivity contribution in [2.24, 2.45) is 0 Å². The van der Waals surface area contributed by atoms with E-state index in [4.69, 9.17) is 9.05 Å². The molecule has 3 aromatic rings. The minimum absolute atomic E-state index is 0.487. The van der Waals surface area contributed by atoms with Gasteiger partial charge in [-0.05, 0) is 42.0 Å². The maximum absolute atomic E-state index is 13.5. The van der Waals surface area contributed by atoms with Crippen LogP contribution in [0, 0.1) is 0 Å². The van der Waals surface area contributed by atoms with Crippen LogP contribution in [0.5, 0.6) is 11.5 Å². The first kappa shape index (κ1) is 16.1. The van der Waals surface area contributed by atoms with Crippen LogP contribution < -0.4 is 14.4 Å². The summed E-state index contributed by atoms with van der Waals surface area (Å²) in [5.74, 6) is 0.981. The smallest absolute Gasteiger partial charge is 0.413 e. The van der Waals surface area contributed by atoms with Crippen LogP contribution in [0.25, 0.3) is 6.08 Å². The predicted octanol–water partition coefficient (Wildman–Crippen LogP) is 5.31. The van der Waals surface area contributed by atoms with Gasteiger partial charge < -0.3 is 9.05 Å². The van der Waals surface area contributed by atoms with Gasteiger partial charge in [0.05, 0.1) is 5.30 Å². The van der Waals surface area contributed by atoms with E-state index < -0.39 is 7.60 Å². The van der Waals surface area contributed by atoms with Gasteiger partial charge in [-0.15, -0.1) is 0 Å². The fourth-order valence-electron chi connectivity index (χ4n) is 2.16. The summed E-state index contributed by atoms with van der Waals surface area (Å²) in [5, 5.41) is 0.487. The minimum atomic E-state index is -3.58. The summed E-state index contributed by atoms with van der Waals surface area (Å²) < 4.78 is 25.0. The molecule has 0 atom stereocenters. The Morgan fingerprint density at radius 1 is 0.708 bits per heavy atom. The predicted molar refractivity (Wildman–Crippen MR) is 97.9 cm³/mol. The second-order valence-corrected chi connectivity index (χ2v) is 6.98. The molecular weight excluding hydrogens is 319 g/mol. The maximum Gasteiger partial charge on any atom is 0.462 e. The largest absolute Gasteiger partial charge is 0.462 e. The molecule has 0 spiro atoms. The Morgan fingerprint density at radius 3 is 1.58 bits per heavy atom. The quantitative estimate of drug-likeness (QED) is 0.573. The second-order valence-electron chi connectivity index (χ2n) is 5.10. The van der Waals surface area contributed by atoms with Gasteiger partial charge in [-0.1, -0.05) is 61.2 Å². The van der Waals surface area contributed by atoms with Crippen LogP contribution in [-0.4, -0.2) is 0 Å². The van der Waals surface area contributed by atoms with Crippen LogP contribution in [0.2, 0.25) is 0 Å². The Kier molecular flexibility index (Phi) is 4.83. The highest BCUT2D eigenvalue weighted by molar-refractivity contribution is 7.63. The Morgan fingerprint density at radius 2 is 1.17 bits per heavy atom. The molecule has 0 fully saturated rings. The minimum Gasteiger partial charge on any atom is -0.413 e. The number of benzene rings is 3. The van der Waals surface area contributed by atoms with Crippen molar-refractivity contribution in [1.82, 2.24) is 0 Å². The van der Waals surface area contributed by atoms with Crippen LogP contribution in [0.15, 0.2) is 91.5 Å². The number of rotatable bonds is 6. The lowest BCUT2D eigenvalue weighted by Crippen LogP contribution is -2.14. The molecule has 0 saturated heterocycles. The van der Waals surface area contributed by atoms with Crippen molar-refractivity contribution in [3.63, 3.8) is 0 Å². The molecule has 120 valence electrons. The molecule has 3 aromatic carbocycles. The van der Waals surface area contributed by atoms with Gasteiger partial charge in [-0.3, -0.25) is 0 Å². The van der Waals surface area contributed by atoms with E-state index in [1.165, 1.54) is 0 Å². The molecule has 0 aliphatic heterocycles. The molecule has 0 aromatic heterocycles. The van der Waals surface area contributed by atoms with Crippen LogP contribution >= 0.6 is 7.60 Å². The van der Waals surface area contributed by atoms with Gasteiger partial charge in [0.2, 0.25) is 0 Å². The zero-order valence-corrected chi connectivity index (χ0v) is 13.9. The zero-order valence-electron chi connectivity index (χ0n) is 13.0. The topological polar surface area (TPSA) is 35.5 Å². The third kappa shape index (κ3) is 3.76.